The molecule has 0 saturated carbocycles. The molecule has 0 amide bonds. The van der Waals surface area contributed by atoms with E-state index in [1.54, 1.807) is 90.9 Å². The average molecular weight is 1230 g/mol. The first-order valence-corrected chi connectivity index (χ1v) is 34.5. The molecule has 84 heavy (non-hydrogen) atoms. The topological polar surface area (TPSA) is 277 Å². The molecule has 0 aromatic heterocycles. The number of carbonyl (C=O) groups excluding carboxylic acids is 3. The Morgan fingerprint density at radius 3 is 1.35 bits per heavy atom. The van der Waals surface area contributed by atoms with E-state index in [2.05, 4.69) is 10.6 Å². The molecule has 0 heterocycles. The highest BCUT2D eigenvalue weighted by atomic mass is 32.2. The molecule has 17 nitrogen and oxygen atoms in total. The van der Waals surface area contributed by atoms with E-state index in [1.165, 1.54) is 45.0 Å². The van der Waals surface area contributed by atoms with Gasteiger partial charge in [0.25, 0.3) is 0 Å². The van der Waals surface area contributed by atoms with E-state index in [0.717, 1.165) is 21.5 Å². The van der Waals surface area contributed by atoms with Crippen LogP contribution in [0.2, 0.25) is 0 Å². The second-order valence-corrected chi connectivity index (χ2v) is 32.5. The van der Waals surface area contributed by atoms with Crippen LogP contribution in [0, 0.1) is 29.6 Å². The number of rotatable bonds is 30. The molecule has 0 bridgehead atoms. The van der Waals surface area contributed by atoms with E-state index in [-0.39, 0.29) is 31.4 Å². The molecule has 0 aliphatic rings. The summed E-state index contributed by atoms with van der Waals surface area (Å²) >= 11 is 0. The molecule has 6 aromatic rings. The maximum atomic E-state index is 15.5. The molecule has 0 aliphatic carbocycles. The van der Waals surface area contributed by atoms with Crippen molar-refractivity contribution in [2.45, 2.75) is 128 Å². The molecule has 8 unspecified atom stereocenters. The number of hydrogen-bond acceptors (Lipinski definition) is 13. The first-order chi connectivity index (χ1) is 39.0. The molecule has 6 N–H and O–H groups in total. The van der Waals surface area contributed by atoms with Crippen LogP contribution in [0.5, 0.6) is 0 Å². The summed E-state index contributed by atoms with van der Waals surface area (Å²) in [6, 6.07) is 36.9. The molecule has 0 aliphatic heterocycles. The van der Waals surface area contributed by atoms with Gasteiger partial charge in [-0.1, -0.05) is 173 Å². The quantitative estimate of drug-likeness (QED) is 0.0181. The number of sulfone groups is 2. The lowest BCUT2D eigenvalue weighted by molar-refractivity contribution is -0.127. The number of carbonyl (C=O) groups is 3. The molecule has 0 spiro atoms. The fourth-order valence-electron chi connectivity index (χ4n) is 10.4. The molecule has 0 saturated heterocycles. The van der Waals surface area contributed by atoms with Gasteiger partial charge in [-0.25, -0.2) is 26.0 Å². The Labute approximate surface area is 495 Å². The van der Waals surface area contributed by atoms with Crippen LogP contribution < -0.4 is 10.6 Å². The predicted octanol–water partition coefficient (Wildman–Crippen LogP) is 9.87. The SMILES string of the molecule is CC(C)C(CNC(Cc1ccccc1)C(OP(=O)(O)O)C(OP(=O)(O)O)C(NC(C(=O)C(Cc1ccc2ccccc2c1)CS(=O)(=O)C(C)(C)C)C(C)C)C(=O)c1ccccc1)C(=O)C(Cc1ccc2ccccc2c1)CS(=O)(=O)C(C)(C)C. The van der Waals surface area contributed by atoms with Gasteiger partial charge in [-0.3, -0.25) is 28.7 Å². The first-order valence-electron chi connectivity index (χ1n) is 28.1. The number of phosphoric acid groups is 2. The number of hydrogen-bond donors (Lipinski definition) is 6. The fraction of sp³-hybridized carbons (Fsp3) is 0.444. The van der Waals surface area contributed by atoms with E-state index in [9.17, 15) is 45.5 Å². The van der Waals surface area contributed by atoms with Crippen LogP contribution in [0.1, 0.15) is 96.3 Å². The van der Waals surface area contributed by atoms with Crippen LogP contribution >= 0.6 is 15.6 Å². The molecule has 0 radical (unpaired) electrons. The minimum Gasteiger partial charge on any atom is -0.310 e. The lowest BCUT2D eigenvalue weighted by Crippen LogP contribution is -2.63. The molecule has 0 fully saturated rings. The summed E-state index contributed by atoms with van der Waals surface area (Å²) < 4.78 is 92.2. The van der Waals surface area contributed by atoms with Gasteiger partial charge in [0.15, 0.2) is 31.2 Å². The lowest BCUT2D eigenvalue weighted by atomic mass is 9.82. The zero-order valence-electron chi connectivity index (χ0n) is 49.4. The van der Waals surface area contributed by atoms with Gasteiger partial charge in [0.05, 0.1) is 27.0 Å². The largest absolute Gasteiger partial charge is 0.470 e. The highest BCUT2D eigenvalue weighted by Crippen LogP contribution is 2.46. The number of phosphoric ester groups is 2. The van der Waals surface area contributed by atoms with Crippen molar-refractivity contribution in [2.24, 2.45) is 29.6 Å². The summed E-state index contributed by atoms with van der Waals surface area (Å²) in [5.74, 6) is -7.96. The minimum absolute atomic E-state index is 0.0354. The summed E-state index contributed by atoms with van der Waals surface area (Å²) in [7, 11) is -19.7. The highest BCUT2D eigenvalue weighted by Gasteiger charge is 2.49. The second-order valence-electron chi connectivity index (χ2n) is 24.5. The summed E-state index contributed by atoms with van der Waals surface area (Å²) in [5, 5.41) is 9.82. The summed E-state index contributed by atoms with van der Waals surface area (Å²) in [6.07, 6.45) is -4.93. The van der Waals surface area contributed by atoms with Crippen LogP contribution in [0.25, 0.3) is 21.5 Å². The van der Waals surface area contributed by atoms with Crippen molar-refractivity contribution < 1.29 is 69.0 Å². The van der Waals surface area contributed by atoms with Crippen LogP contribution in [-0.4, -0.2) is 112 Å². The normalized spacial score (nSPS) is 16.0. The molecule has 6 aromatic carbocycles. The van der Waals surface area contributed by atoms with E-state index in [0.29, 0.717) is 16.7 Å². The minimum atomic E-state index is -5.86. The zero-order valence-corrected chi connectivity index (χ0v) is 52.8. The maximum absolute atomic E-state index is 15.5. The van der Waals surface area contributed by atoms with E-state index < -0.39 is 134 Å². The Morgan fingerprint density at radius 1 is 0.500 bits per heavy atom. The Bertz CT molecular complexity index is 3560. The van der Waals surface area contributed by atoms with Crippen LogP contribution in [0.15, 0.2) is 146 Å². The second kappa shape index (κ2) is 28.2. The van der Waals surface area contributed by atoms with Crippen molar-refractivity contribution in [3.05, 3.63) is 168 Å². The molecule has 8 atom stereocenters. The smallest absolute Gasteiger partial charge is 0.310 e. The van der Waals surface area contributed by atoms with Gasteiger partial charge in [0.1, 0.15) is 24.0 Å². The first kappa shape index (κ1) is 68.0. The number of Topliss-reactive ketones (excluding diaryl/α,β-unsaturated/α-hetero) is 3. The third kappa shape index (κ3) is 18.7. The van der Waals surface area contributed by atoms with Crippen molar-refractivity contribution >= 4 is 74.2 Å². The van der Waals surface area contributed by atoms with Gasteiger partial charge in [0, 0.05) is 35.9 Å². The average Bonchev–Trinajstić information content (AvgIpc) is 2.33. The Kier molecular flexibility index (Phi) is 22.8. The van der Waals surface area contributed by atoms with Crippen molar-refractivity contribution in [2.75, 3.05) is 18.1 Å². The Morgan fingerprint density at radius 2 is 0.917 bits per heavy atom. The highest BCUT2D eigenvalue weighted by molar-refractivity contribution is 7.93. The van der Waals surface area contributed by atoms with Crippen molar-refractivity contribution in [3.8, 4) is 0 Å². The zero-order chi connectivity index (χ0) is 62.2. The van der Waals surface area contributed by atoms with Gasteiger partial charge in [-0.05, 0) is 111 Å². The van der Waals surface area contributed by atoms with Crippen molar-refractivity contribution in [1.29, 1.82) is 0 Å². The summed E-state index contributed by atoms with van der Waals surface area (Å²) in [6.45, 7) is 15.6. The summed E-state index contributed by atoms with van der Waals surface area (Å²) in [4.78, 5) is 89.8. The van der Waals surface area contributed by atoms with Crippen molar-refractivity contribution in [1.82, 2.24) is 10.6 Å². The molecular weight excluding hydrogens is 1150 g/mol. The van der Waals surface area contributed by atoms with E-state index >= 15 is 14.4 Å². The van der Waals surface area contributed by atoms with Gasteiger partial charge in [-0.15, -0.1) is 0 Å². The van der Waals surface area contributed by atoms with E-state index in [1.807, 2.05) is 78.9 Å². The van der Waals surface area contributed by atoms with Gasteiger partial charge >= 0.3 is 15.6 Å². The lowest BCUT2D eigenvalue weighted by Gasteiger charge is -2.40. The molecule has 456 valence electrons. The molecule has 21 heteroatoms. The standard InChI is InChI=1S/C63H82N2O15P2S2/c1-41(2)53(57(66)51(39-83(75,76)62(5,6)7)35-44-29-31-46-23-17-19-27-49(46)33-44)38-64-54(37-43-21-13-11-14-22-43)60(79-81(69,70)71)61(80-82(72,73)74)56(58(67)48-25-15-12-16-26-48)65-55(42(3)4)59(68)52(40-84(77,78)63(8,9)10)36-45-30-32-47-24-18-20-28-50(47)34-45/h11-34,41-42,51-56,60-61,64-65H,35-40H2,1-10H3,(H2,69,70,71)(H2,72,73,74). The number of nitrogens with one attached hydrogen (secondary N) is 2. The Hall–Kier alpha value is -5.11. The van der Waals surface area contributed by atoms with Crippen LogP contribution in [0.3, 0.4) is 0 Å². The third-order valence-electron chi connectivity index (χ3n) is 15.4. The van der Waals surface area contributed by atoms with Crippen molar-refractivity contribution in [3.63, 3.8) is 0 Å². The predicted molar refractivity (Wildman–Crippen MR) is 330 cm³/mol. The number of fused-ring (bicyclic) bond motifs is 2. The number of benzene rings is 6. The fourth-order valence-corrected chi connectivity index (χ4v) is 14.1. The molecular formula is C63H82N2O15P2S2. The van der Waals surface area contributed by atoms with Crippen LogP contribution in [0.4, 0.5) is 0 Å². The van der Waals surface area contributed by atoms with Crippen LogP contribution in [-0.2, 0) is 66.7 Å². The monoisotopic (exact) mass is 1230 g/mol. The van der Waals surface area contributed by atoms with Gasteiger partial charge in [0.2, 0.25) is 0 Å². The summed E-state index contributed by atoms with van der Waals surface area (Å²) in [5.41, 5.74) is 1.74. The maximum Gasteiger partial charge on any atom is 0.470 e. The molecule has 6 rings (SSSR count). The van der Waals surface area contributed by atoms with E-state index in [4.69, 9.17) is 9.05 Å². The third-order valence-corrected chi connectivity index (χ3v) is 21.9. The van der Waals surface area contributed by atoms with Gasteiger partial charge < -0.3 is 24.9 Å². The Balaban J connectivity index is 1.50. The van der Waals surface area contributed by atoms with Gasteiger partial charge in [-0.2, -0.15) is 0 Å². The number of ketones is 3.